The zero-order chi connectivity index (χ0) is 27.7. The Morgan fingerprint density at radius 2 is 1.76 bits per heavy atom. The molecule has 0 spiro atoms. The van der Waals surface area contributed by atoms with Crippen LogP contribution in [0, 0.1) is 5.41 Å². The smallest absolute Gasteiger partial charge is 0.337 e. The number of nitrogens with zero attached hydrogens (tertiary/aromatic N) is 2. The van der Waals surface area contributed by atoms with Crippen LogP contribution in [-0.2, 0) is 0 Å². The van der Waals surface area contributed by atoms with Crippen LogP contribution in [0.5, 0.6) is 11.5 Å². The van der Waals surface area contributed by atoms with Crippen LogP contribution in [0.2, 0.25) is 0 Å². The van der Waals surface area contributed by atoms with E-state index in [1.54, 1.807) is 18.2 Å². The fourth-order valence-corrected chi connectivity index (χ4v) is 2.99. The molecule has 0 aliphatic rings. The fourth-order valence-electron chi connectivity index (χ4n) is 2.99. The highest BCUT2D eigenvalue weighted by atomic mass is 19.3. The van der Waals surface area contributed by atoms with E-state index in [-0.39, 0.29) is 22.5 Å². The van der Waals surface area contributed by atoms with Gasteiger partial charge in [-0.3, -0.25) is 15.4 Å². The lowest BCUT2D eigenvalue weighted by Crippen LogP contribution is -2.39. The van der Waals surface area contributed by atoms with Crippen LogP contribution in [-0.4, -0.2) is 47.5 Å². The molecule has 0 unspecified atom stereocenters. The number of halogens is 2. The zero-order valence-electron chi connectivity index (χ0n) is 20.5. The Morgan fingerprint density at radius 1 is 1.16 bits per heavy atom. The number of hydrogen-bond donors (Lipinski definition) is 5. The number of carboxylic acids is 1. The summed E-state index contributed by atoms with van der Waals surface area (Å²) >= 11 is 0. The third-order valence-corrected chi connectivity index (χ3v) is 4.73. The van der Waals surface area contributed by atoms with E-state index in [4.69, 9.17) is 20.7 Å². The van der Waals surface area contributed by atoms with Gasteiger partial charge in [0.1, 0.15) is 23.0 Å². The number of allylic oxidation sites excluding steroid dienone is 3. The van der Waals surface area contributed by atoms with Gasteiger partial charge in [-0.2, -0.15) is 0 Å². The molecule has 0 saturated carbocycles. The summed E-state index contributed by atoms with van der Waals surface area (Å²) in [6.07, 6.45) is 1.69. The van der Waals surface area contributed by atoms with Crippen molar-refractivity contribution >= 4 is 23.1 Å². The van der Waals surface area contributed by atoms with Crippen molar-refractivity contribution < 1.29 is 28.2 Å². The average molecular weight is 515 g/mol. The summed E-state index contributed by atoms with van der Waals surface area (Å²) in [4.78, 5) is 15.3. The van der Waals surface area contributed by atoms with E-state index in [2.05, 4.69) is 28.8 Å². The topological polar surface area (TPSA) is 146 Å². The van der Waals surface area contributed by atoms with Gasteiger partial charge in [0, 0.05) is 53.6 Å². The molecule has 1 aromatic heterocycles. The van der Waals surface area contributed by atoms with Gasteiger partial charge in [0.15, 0.2) is 0 Å². The molecule has 0 saturated heterocycles. The number of ether oxygens (including phenoxy) is 2. The van der Waals surface area contributed by atoms with Gasteiger partial charge in [0.05, 0.1) is 25.6 Å². The Bertz CT molecular complexity index is 1240. The van der Waals surface area contributed by atoms with Crippen molar-refractivity contribution in [3.05, 3.63) is 90.3 Å². The minimum atomic E-state index is -3.01. The van der Waals surface area contributed by atoms with E-state index in [9.17, 15) is 18.7 Å². The molecule has 0 fully saturated rings. The number of nitrogens with one attached hydrogen (secondary N) is 3. The minimum Gasteiger partial charge on any atom is -0.497 e. The molecule has 0 aliphatic carbocycles. The standard InChI is InChI=1S/C25H28F2N6O4/c1-14(2)6-22(23(26)27)33(29)24(28)21(16-7-17(25(34)35)12-30-11-16)13-31-15(3)32-18-8-19(36-4)10-20(9-18)37-5/h6-13,23,28,31-32H,1,3,29H2,2,4-5H3,(H,34,35)/b21-13?,22-6-,28-24?. The normalized spacial score (nSPS) is 11.5. The summed E-state index contributed by atoms with van der Waals surface area (Å²) in [6, 6.07) is 6.28. The van der Waals surface area contributed by atoms with Crippen molar-refractivity contribution in [2.24, 2.45) is 5.84 Å². The highest BCUT2D eigenvalue weighted by Gasteiger charge is 2.24. The second-order valence-corrected chi connectivity index (χ2v) is 7.61. The first-order valence-electron chi connectivity index (χ1n) is 10.6. The summed E-state index contributed by atoms with van der Waals surface area (Å²) in [5, 5.41) is 24.2. The maximum Gasteiger partial charge on any atom is 0.337 e. The highest BCUT2D eigenvalue weighted by Crippen LogP contribution is 2.26. The van der Waals surface area contributed by atoms with E-state index >= 15 is 0 Å². The van der Waals surface area contributed by atoms with Crippen molar-refractivity contribution in [1.29, 1.82) is 5.41 Å². The number of aromatic carboxylic acids is 1. The molecule has 12 heteroatoms. The molecular weight excluding hydrogens is 486 g/mol. The van der Waals surface area contributed by atoms with Gasteiger partial charge in [0.25, 0.3) is 6.43 Å². The van der Waals surface area contributed by atoms with E-state index in [1.807, 2.05) is 0 Å². The second-order valence-electron chi connectivity index (χ2n) is 7.61. The zero-order valence-corrected chi connectivity index (χ0v) is 20.5. The molecule has 0 aliphatic heterocycles. The summed E-state index contributed by atoms with van der Waals surface area (Å²) < 4.78 is 37.8. The number of benzene rings is 1. The Morgan fingerprint density at radius 3 is 2.27 bits per heavy atom. The lowest BCUT2D eigenvalue weighted by molar-refractivity contribution is 0.0696. The average Bonchev–Trinajstić information content (AvgIpc) is 2.86. The van der Waals surface area contributed by atoms with E-state index in [1.165, 1.54) is 39.6 Å². The lowest BCUT2D eigenvalue weighted by Gasteiger charge is -2.24. The number of hydrazine groups is 1. The van der Waals surface area contributed by atoms with Crippen LogP contribution in [0.25, 0.3) is 5.57 Å². The molecule has 0 atom stereocenters. The minimum absolute atomic E-state index is 0.0439. The SMILES string of the molecule is C=C(C)/C=C(/C(F)F)N(N)C(=N)C(=CNC(=C)Nc1cc(OC)cc(OC)c1)c1cncc(C(=O)O)c1. The van der Waals surface area contributed by atoms with Crippen molar-refractivity contribution in [2.75, 3.05) is 19.5 Å². The van der Waals surface area contributed by atoms with Crippen LogP contribution >= 0.6 is 0 Å². The van der Waals surface area contributed by atoms with Crippen molar-refractivity contribution in [3.8, 4) is 11.5 Å². The number of carbonyl (C=O) groups is 1. The van der Waals surface area contributed by atoms with Crippen molar-refractivity contribution in [2.45, 2.75) is 13.3 Å². The van der Waals surface area contributed by atoms with Gasteiger partial charge in [-0.25, -0.2) is 19.4 Å². The van der Waals surface area contributed by atoms with Crippen LogP contribution < -0.4 is 25.9 Å². The number of carboxylic acid groups (broad SMARTS) is 1. The third-order valence-electron chi connectivity index (χ3n) is 4.73. The Kier molecular flexibility index (Phi) is 9.90. The number of pyridine rings is 1. The number of nitrogens with two attached hydrogens (primary N) is 1. The Balaban J connectivity index is 2.45. The number of anilines is 1. The molecule has 196 valence electrons. The van der Waals surface area contributed by atoms with Gasteiger partial charge in [-0.1, -0.05) is 18.7 Å². The number of methoxy groups -OCH3 is 2. The molecule has 37 heavy (non-hydrogen) atoms. The van der Waals surface area contributed by atoms with Crippen LogP contribution in [0.4, 0.5) is 14.5 Å². The first-order chi connectivity index (χ1) is 17.5. The van der Waals surface area contributed by atoms with Crippen molar-refractivity contribution in [1.82, 2.24) is 15.3 Å². The van der Waals surface area contributed by atoms with Gasteiger partial charge in [-0.15, -0.1) is 0 Å². The molecule has 1 heterocycles. The second kappa shape index (κ2) is 12.8. The molecule has 0 bridgehead atoms. The van der Waals surface area contributed by atoms with E-state index < -0.39 is 23.9 Å². The molecular formula is C25H28F2N6O4. The number of hydrogen-bond acceptors (Lipinski definition) is 8. The summed E-state index contributed by atoms with van der Waals surface area (Å²) in [5.74, 6) is 5.32. The molecule has 6 N–H and O–H groups in total. The third kappa shape index (κ3) is 7.90. The largest absolute Gasteiger partial charge is 0.497 e. The Labute approximate surface area is 212 Å². The molecule has 1 aromatic carbocycles. The predicted octanol–water partition coefficient (Wildman–Crippen LogP) is 4.19. The van der Waals surface area contributed by atoms with Gasteiger partial charge >= 0.3 is 5.97 Å². The number of aromatic nitrogens is 1. The predicted molar refractivity (Wildman–Crippen MR) is 137 cm³/mol. The number of amidine groups is 1. The molecule has 0 amide bonds. The maximum absolute atomic E-state index is 13.7. The molecule has 2 rings (SSSR count). The highest BCUT2D eigenvalue weighted by molar-refractivity contribution is 6.21. The summed E-state index contributed by atoms with van der Waals surface area (Å²) in [5.41, 5.74) is 0.0873. The van der Waals surface area contributed by atoms with Crippen LogP contribution in [0.15, 0.2) is 79.2 Å². The number of rotatable bonds is 12. The lowest BCUT2D eigenvalue weighted by atomic mass is 10.1. The summed E-state index contributed by atoms with van der Waals surface area (Å²) in [6.45, 7) is 8.94. The first kappa shape index (κ1) is 28.5. The quantitative estimate of drug-likeness (QED) is 0.0925. The number of alkyl halides is 2. The summed E-state index contributed by atoms with van der Waals surface area (Å²) in [7, 11) is 3.00. The van der Waals surface area contributed by atoms with Gasteiger partial charge in [-0.05, 0) is 19.1 Å². The van der Waals surface area contributed by atoms with Crippen molar-refractivity contribution in [3.63, 3.8) is 0 Å². The van der Waals surface area contributed by atoms with E-state index in [0.717, 1.165) is 12.3 Å². The molecule has 2 aromatic rings. The monoisotopic (exact) mass is 514 g/mol. The van der Waals surface area contributed by atoms with Crippen LogP contribution in [0.3, 0.4) is 0 Å². The van der Waals surface area contributed by atoms with Gasteiger partial charge < -0.3 is 25.2 Å². The fraction of sp³-hybridized carbons (Fsp3) is 0.160. The van der Waals surface area contributed by atoms with Crippen LogP contribution in [0.1, 0.15) is 22.8 Å². The maximum atomic E-state index is 13.7. The Hall–Kier alpha value is -4.71. The first-order valence-corrected chi connectivity index (χ1v) is 10.6. The molecule has 10 nitrogen and oxygen atoms in total. The van der Waals surface area contributed by atoms with Gasteiger partial charge in [0.2, 0.25) is 0 Å². The molecule has 0 radical (unpaired) electrons. The van der Waals surface area contributed by atoms with E-state index in [0.29, 0.717) is 27.8 Å².